The van der Waals surface area contributed by atoms with Gasteiger partial charge in [0.1, 0.15) is 17.2 Å². The molecule has 1 aliphatic rings. The van der Waals surface area contributed by atoms with Crippen molar-refractivity contribution in [3.8, 4) is 17.2 Å². The van der Waals surface area contributed by atoms with E-state index in [0.29, 0.717) is 22.8 Å². The van der Waals surface area contributed by atoms with Crippen LogP contribution in [0.25, 0.3) is 12.2 Å². The summed E-state index contributed by atoms with van der Waals surface area (Å²) in [5.41, 5.74) is 1.88. The van der Waals surface area contributed by atoms with Crippen molar-refractivity contribution in [1.29, 1.82) is 0 Å². The number of hydrogen-bond acceptors (Lipinski definition) is 5. The maximum atomic E-state index is 12.4. The number of methoxy groups -OCH3 is 3. The zero-order valence-corrected chi connectivity index (χ0v) is 15.2. The average Bonchev–Trinajstić information content (AvgIpc) is 2.95. The fraction of sp³-hybridized carbons (Fsp3) is 0.143. The number of carbonyl (C=O) groups is 2. The molecule has 0 radical (unpaired) electrons. The van der Waals surface area contributed by atoms with E-state index in [2.05, 4.69) is 5.32 Å². The molecule has 1 N–H and O–H groups in total. The van der Waals surface area contributed by atoms with Crippen molar-refractivity contribution in [2.45, 2.75) is 0 Å². The first-order valence-corrected chi connectivity index (χ1v) is 8.22. The van der Waals surface area contributed by atoms with Crippen molar-refractivity contribution in [2.75, 3.05) is 21.3 Å². The lowest BCUT2D eigenvalue weighted by molar-refractivity contribution is -0.123. The summed E-state index contributed by atoms with van der Waals surface area (Å²) in [6, 6.07) is 12.7. The lowest BCUT2D eigenvalue weighted by Gasteiger charge is -2.13. The van der Waals surface area contributed by atoms with Crippen LogP contribution >= 0.6 is 0 Å². The third-order valence-corrected chi connectivity index (χ3v) is 4.16. The van der Waals surface area contributed by atoms with Crippen LogP contribution in [-0.4, -0.2) is 33.1 Å². The molecular formula is C21H19NO5. The molecule has 3 rings (SSSR count). The third-order valence-electron chi connectivity index (χ3n) is 4.16. The molecule has 2 aromatic carbocycles. The van der Waals surface area contributed by atoms with E-state index in [-0.39, 0.29) is 11.1 Å². The highest BCUT2D eigenvalue weighted by Crippen LogP contribution is 2.37. The molecule has 0 aliphatic carbocycles. The van der Waals surface area contributed by atoms with Crippen LogP contribution in [0.4, 0.5) is 0 Å². The standard InChI is InChI=1S/C21H19NO5/c1-25-14-10-18(26-2)17(19(11-14)27-3)12-16-15(20(23)22-21(16)24)9-13-7-5-4-6-8-13/h4-12H,1-3H3,(H,22,23,24)/b15-9+,16-12+. The summed E-state index contributed by atoms with van der Waals surface area (Å²) >= 11 is 0. The first kappa shape index (κ1) is 18.3. The molecule has 27 heavy (non-hydrogen) atoms. The van der Waals surface area contributed by atoms with Gasteiger partial charge in [0.05, 0.1) is 38.0 Å². The molecule has 0 unspecified atom stereocenters. The Morgan fingerprint density at radius 1 is 0.778 bits per heavy atom. The molecule has 0 saturated carbocycles. The number of imide groups is 1. The van der Waals surface area contributed by atoms with Gasteiger partial charge in [-0.05, 0) is 17.7 Å². The number of ether oxygens (including phenoxy) is 3. The molecule has 6 nitrogen and oxygen atoms in total. The predicted molar refractivity (Wildman–Crippen MR) is 102 cm³/mol. The van der Waals surface area contributed by atoms with E-state index < -0.39 is 11.8 Å². The van der Waals surface area contributed by atoms with Crippen LogP contribution in [0.5, 0.6) is 17.2 Å². The molecule has 2 aromatic rings. The fourth-order valence-electron chi connectivity index (χ4n) is 2.80. The summed E-state index contributed by atoms with van der Waals surface area (Å²) in [5, 5.41) is 2.33. The Bertz CT molecular complexity index is 919. The minimum atomic E-state index is -0.470. The second kappa shape index (κ2) is 7.78. The van der Waals surface area contributed by atoms with Gasteiger partial charge in [-0.25, -0.2) is 0 Å². The number of benzene rings is 2. The fourth-order valence-corrected chi connectivity index (χ4v) is 2.80. The zero-order chi connectivity index (χ0) is 19.4. The Hall–Kier alpha value is -3.54. The molecular weight excluding hydrogens is 346 g/mol. The van der Waals surface area contributed by atoms with Gasteiger partial charge < -0.3 is 14.2 Å². The molecule has 0 atom stereocenters. The lowest BCUT2D eigenvalue weighted by atomic mass is 10.0. The van der Waals surface area contributed by atoms with Crippen LogP contribution in [0, 0.1) is 0 Å². The van der Waals surface area contributed by atoms with Crippen LogP contribution in [-0.2, 0) is 9.59 Å². The van der Waals surface area contributed by atoms with Gasteiger partial charge in [0, 0.05) is 12.1 Å². The lowest BCUT2D eigenvalue weighted by Crippen LogP contribution is -2.19. The van der Waals surface area contributed by atoms with Crippen LogP contribution in [0.2, 0.25) is 0 Å². The summed E-state index contributed by atoms with van der Waals surface area (Å²) in [6.45, 7) is 0. The Balaban J connectivity index is 2.16. The van der Waals surface area contributed by atoms with Crippen LogP contribution in [0.3, 0.4) is 0 Å². The summed E-state index contributed by atoms with van der Waals surface area (Å²) < 4.78 is 16.1. The van der Waals surface area contributed by atoms with E-state index in [1.165, 1.54) is 21.3 Å². The number of nitrogens with one attached hydrogen (secondary N) is 1. The Kier molecular flexibility index (Phi) is 5.26. The highest BCUT2D eigenvalue weighted by molar-refractivity contribution is 6.28. The van der Waals surface area contributed by atoms with Gasteiger partial charge >= 0.3 is 0 Å². The van der Waals surface area contributed by atoms with Crippen molar-refractivity contribution in [3.05, 3.63) is 64.7 Å². The number of amides is 2. The molecule has 138 valence electrons. The quantitative estimate of drug-likeness (QED) is 0.651. The van der Waals surface area contributed by atoms with E-state index in [0.717, 1.165) is 5.56 Å². The van der Waals surface area contributed by atoms with Crippen LogP contribution < -0.4 is 19.5 Å². The van der Waals surface area contributed by atoms with E-state index in [1.807, 2.05) is 30.3 Å². The number of carbonyl (C=O) groups excluding carboxylic acids is 2. The van der Waals surface area contributed by atoms with Crippen molar-refractivity contribution in [3.63, 3.8) is 0 Å². The van der Waals surface area contributed by atoms with Gasteiger partial charge in [0.15, 0.2) is 0 Å². The van der Waals surface area contributed by atoms with Crippen LogP contribution in [0.1, 0.15) is 11.1 Å². The second-order valence-corrected chi connectivity index (χ2v) is 5.76. The van der Waals surface area contributed by atoms with Gasteiger partial charge in [0.2, 0.25) is 0 Å². The normalized spacial score (nSPS) is 16.6. The minimum absolute atomic E-state index is 0.241. The molecule has 1 fully saturated rings. The molecule has 0 aromatic heterocycles. The van der Waals surface area contributed by atoms with Crippen molar-refractivity contribution in [1.82, 2.24) is 5.32 Å². The third kappa shape index (κ3) is 3.69. The Morgan fingerprint density at radius 2 is 1.33 bits per heavy atom. The van der Waals surface area contributed by atoms with Gasteiger partial charge in [0.25, 0.3) is 11.8 Å². The van der Waals surface area contributed by atoms with E-state index in [4.69, 9.17) is 14.2 Å². The molecule has 2 amide bonds. The number of hydrogen-bond donors (Lipinski definition) is 1. The van der Waals surface area contributed by atoms with Crippen molar-refractivity contribution < 1.29 is 23.8 Å². The van der Waals surface area contributed by atoms with Gasteiger partial charge in [-0.1, -0.05) is 30.3 Å². The second-order valence-electron chi connectivity index (χ2n) is 5.76. The summed E-state index contributed by atoms with van der Waals surface area (Å²) in [6.07, 6.45) is 3.26. The largest absolute Gasteiger partial charge is 0.496 e. The van der Waals surface area contributed by atoms with E-state index in [1.54, 1.807) is 24.3 Å². The van der Waals surface area contributed by atoms with E-state index in [9.17, 15) is 9.59 Å². The van der Waals surface area contributed by atoms with Crippen molar-refractivity contribution in [2.24, 2.45) is 0 Å². The number of rotatable bonds is 5. The van der Waals surface area contributed by atoms with Gasteiger partial charge in [-0.15, -0.1) is 0 Å². The smallest absolute Gasteiger partial charge is 0.258 e. The minimum Gasteiger partial charge on any atom is -0.496 e. The molecule has 0 bridgehead atoms. The van der Waals surface area contributed by atoms with Gasteiger partial charge in [-0.3, -0.25) is 14.9 Å². The molecule has 0 spiro atoms. The maximum Gasteiger partial charge on any atom is 0.258 e. The highest BCUT2D eigenvalue weighted by atomic mass is 16.5. The average molecular weight is 365 g/mol. The maximum absolute atomic E-state index is 12.4. The first-order chi connectivity index (χ1) is 13.1. The summed E-state index contributed by atoms with van der Waals surface area (Å²) in [5.74, 6) is 0.566. The first-order valence-electron chi connectivity index (χ1n) is 8.22. The Morgan fingerprint density at radius 3 is 1.85 bits per heavy atom. The monoisotopic (exact) mass is 365 g/mol. The van der Waals surface area contributed by atoms with Gasteiger partial charge in [-0.2, -0.15) is 0 Å². The molecule has 1 saturated heterocycles. The molecule has 1 heterocycles. The summed E-state index contributed by atoms with van der Waals surface area (Å²) in [4.78, 5) is 24.6. The SMILES string of the molecule is COc1cc(OC)c(/C=C2/C(=O)NC(=O)/C2=C/c2ccccc2)c(OC)c1. The summed E-state index contributed by atoms with van der Waals surface area (Å²) in [7, 11) is 4.56. The predicted octanol–water partition coefficient (Wildman–Crippen LogP) is 2.84. The van der Waals surface area contributed by atoms with Crippen LogP contribution in [0.15, 0.2) is 53.6 Å². The van der Waals surface area contributed by atoms with Crippen molar-refractivity contribution >= 4 is 24.0 Å². The highest BCUT2D eigenvalue weighted by Gasteiger charge is 2.31. The zero-order valence-electron chi connectivity index (χ0n) is 15.2. The molecule has 6 heteroatoms. The van der Waals surface area contributed by atoms with E-state index >= 15 is 0 Å². The Labute approximate surface area is 157 Å². The molecule has 1 aliphatic heterocycles. The topological polar surface area (TPSA) is 73.9 Å².